The Balaban J connectivity index is 1.91. The maximum absolute atomic E-state index is 8.32. The van der Waals surface area contributed by atoms with Gasteiger partial charge in [0, 0.05) is 29.5 Å². The molecule has 92 valence electrons. The lowest BCUT2D eigenvalue weighted by Crippen LogP contribution is -2.36. The first kappa shape index (κ1) is 12.3. The zero-order chi connectivity index (χ0) is 11.6. The Labute approximate surface area is 104 Å². The molecule has 0 atom stereocenters. The van der Waals surface area contributed by atoms with Gasteiger partial charge in [-0.05, 0) is 19.3 Å². The molecule has 0 radical (unpaired) electrons. The van der Waals surface area contributed by atoms with E-state index in [-0.39, 0.29) is 0 Å². The van der Waals surface area contributed by atoms with Crippen LogP contribution in [0.5, 0.6) is 0 Å². The minimum absolute atomic E-state index is 0.407. The van der Waals surface area contributed by atoms with E-state index >= 15 is 0 Å². The first-order valence-electron chi connectivity index (χ1n) is 6.56. The molecule has 1 saturated heterocycles. The van der Waals surface area contributed by atoms with Gasteiger partial charge in [0.2, 0.25) is 0 Å². The van der Waals surface area contributed by atoms with Crippen molar-refractivity contribution in [2.45, 2.75) is 50.7 Å². The standard InChI is InChI=1S/C13H24N2S/c1-13(2)7-8-15(9-10-16-13)12(14)11-5-3-4-6-11/h11,14H,3-10H2,1-2H3. The van der Waals surface area contributed by atoms with E-state index in [1.165, 1.54) is 37.9 Å². The summed E-state index contributed by atoms with van der Waals surface area (Å²) < 4.78 is 0.407. The fraction of sp³-hybridized carbons (Fsp3) is 0.923. The van der Waals surface area contributed by atoms with Crippen LogP contribution in [0, 0.1) is 11.3 Å². The molecule has 0 aromatic heterocycles. The Kier molecular flexibility index (Phi) is 3.83. The molecule has 0 bridgehead atoms. The number of hydrogen-bond acceptors (Lipinski definition) is 2. The van der Waals surface area contributed by atoms with Crippen LogP contribution in [-0.4, -0.2) is 34.3 Å². The van der Waals surface area contributed by atoms with Crippen LogP contribution in [0.1, 0.15) is 46.0 Å². The lowest BCUT2D eigenvalue weighted by Gasteiger charge is -2.27. The highest BCUT2D eigenvalue weighted by atomic mass is 32.2. The lowest BCUT2D eigenvalue weighted by molar-refractivity contribution is 0.395. The van der Waals surface area contributed by atoms with Gasteiger partial charge in [-0.3, -0.25) is 5.41 Å². The number of nitrogens with one attached hydrogen (secondary N) is 1. The van der Waals surface area contributed by atoms with Crippen LogP contribution in [0.15, 0.2) is 0 Å². The summed E-state index contributed by atoms with van der Waals surface area (Å²) in [6.07, 6.45) is 6.40. The van der Waals surface area contributed by atoms with Gasteiger partial charge in [0.25, 0.3) is 0 Å². The van der Waals surface area contributed by atoms with E-state index in [0.29, 0.717) is 10.7 Å². The van der Waals surface area contributed by atoms with Crippen LogP contribution >= 0.6 is 11.8 Å². The molecule has 1 N–H and O–H groups in total. The molecule has 0 spiro atoms. The van der Waals surface area contributed by atoms with Gasteiger partial charge in [0.1, 0.15) is 0 Å². The monoisotopic (exact) mass is 240 g/mol. The zero-order valence-corrected chi connectivity index (χ0v) is 11.4. The van der Waals surface area contributed by atoms with E-state index in [9.17, 15) is 0 Å². The molecule has 16 heavy (non-hydrogen) atoms. The average Bonchev–Trinajstić information content (AvgIpc) is 2.69. The second kappa shape index (κ2) is 4.99. The van der Waals surface area contributed by atoms with E-state index in [2.05, 4.69) is 30.5 Å². The quantitative estimate of drug-likeness (QED) is 0.562. The van der Waals surface area contributed by atoms with Gasteiger partial charge in [-0.1, -0.05) is 26.7 Å². The van der Waals surface area contributed by atoms with Crippen LogP contribution in [0.25, 0.3) is 0 Å². The van der Waals surface area contributed by atoms with Crippen molar-refractivity contribution >= 4 is 17.6 Å². The van der Waals surface area contributed by atoms with Crippen molar-refractivity contribution in [1.29, 1.82) is 5.41 Å². The second-order valence-electron chi connectivity index (χ2n) is 5.71. The van der Waals surface area contributed by atoms with Gasteiger partial charge in [-0.2, -0.15) is 11.8 Å². The fourth-order valence-electron chi connectivity index (χ4n) is 2.72. The van der Waals surface area contributed by atoms with Crippen LogP contribution in [-0.2, 0) is 0 Å². The van der Waals surface area contributed by atoms with Gasteiger partial charge in [-0.15, -0.1) is 0 Å². The molecule has 1 aliphatic carbocycles. The summed E-state index contributed by atoms with van der Waals surface area (Å²) in [5.74, 6) is 2.70. The van der Waals surface area contributed by atoms with Crippen molar-refractivity contribution in [2.75, 3.05) is 18.8 Å². The third kappa shape index (κ3) is 2.93. The van der Waals surface area contributed by atoms with Crippen molar-refractivity contribution in [3.63, 3.8) is 0 Å². The van der Waals surface area contributed by atoms with E-state index in [1.807, 2.05) is 0 Å². The first-order chi connectivity index (χ1) is 7.58. The number of nitrogens with zero attached hydrogens (tertiary/aromatic N) is 1. The molecular formula is C13H24N2S. The molecule has 2 aliphatic rings. The molecule has 3 heteroatoms. The smallest absolute Gasteiger partial charge is 0.0989 e. The molecule has 2 rings (SSSR count). The van der Waals surface area contributed by atoms with Crippen LogP contribution in [0.2, 0.25) is 0 Å². The van der Waals surface area contributed by atoms with Crippen LogP contribution in [0.4, 0.5) is 0 Å². The molecular weight excluding hydrogens is 216 g/mol. The maximum Gasteiger partial charge on any atom is 0.0989 e. The van der Waals surface area contributed by atoms with E-state index in [1.54, 1.807) is 0 Å². The molecule has 1 heterocycles. The van der Waals surface area contributed by atoms with Gasteiger partial charge in [0.05, 0.1) is 5.84 Å². The third-order valence-corrected chi connectivity index (χ3v) is 5.29. The summed E-state index contributed by atoms with van der Waals surface area (Å²) in [7, 11) is 0. The maximum atomic E-state index is 8.32. The van der Waals surface area contributed by atoms with Crippen LogP contribution < -0.4 is 0 Å². The Morgan fingerprint density at radius 2 is 1.94 bits per heavy atom. The molecule has 1 aliphatic heterocycles. The summed E-state index contributed by atoms with van der Waals surface area (Å²) >= 11 is 2.07. The summed E-state index contributed by atoms with van der Waals surface area (Å²) in [5, 5.41) is 8.32. The second-order valence-corrected chi connectivity index (χ2v) is 7.51. The minimum atomic E-state index is 0.407. The van der Waals surface area contributed by atoms with Gasteiger partial charge in [-0.25, -0.2) is 0 Å². The predicted octanol–water partition coefficient (Wildman–Crippen LogP) is 3.37. The molecule has 0 aromatic carbocycles. The number of hydrogen-bond donors (Lipinski definition) is 1. The summed E-state index contributed by atoms with van der Waals surface area (Å²) in [5.41, 5.74) is 0. The summed E-state index contributed by atoms with van der Waals surface area (Å²) in [4.78, 5) is 2.34. The van der Waals surface area contributed by atoms with E-state index in [0.717, 1.165) is 18.9 Å². The molecule has 0 aromatic rings. The third-order valence-electron chi connectivity index (χ3n) is 3.92. The number of rotatable bonds is 1. The van der Waals surface area contributed by atoms with Crippen molar-refractivity contribution in [3.8, 4) is 0 Å². The van der Waals surface area contributed by atoms with Crippen molar-refractivity contribution in [1.82, 2.24) is 4.90 Å². The molecule has 2 nitrogen and oxygen atoms in total. The van der Waals surface area contributed by atoms with E-state index in [4.69, 9.17) is 5.41 Å². The highest BCUT2D eigenvalue weighted by molar-refractivity contribution is 8.00. The Bertz CT molecular complexity index is 257. The Morgan fingerprint density at radius 1 is 1.25 bits per heavy atom. The molecule has 0 amide bonds. The topological polar surface area (TPSA) is 27.1 Å². The SMILES string of the molecule is CC1(C)CCN(C(=N)C2CCCC2)CCS1. The first-order valence-corrected chi connectivity index (χ1v) is 7.54. The van der Waals surface area contributed by atoms with Gasteiger partial charge < -0.3 is 4.90 Å². The summed E-state index contributed by atoms with van der Waals surface area (Å²) in [6.45, 7) is 6.85. The van der Waals surface area contributed by atoms with Gasteiger partial charge >= 0.3 is 0 Å². The van der Waals surface area contributed by atoms with Crippen molar-refractivity contribution in [2.24, 2.45) is 5.92 Å². The molecule has 0 unspecified atom stereocenters. The average molecular weight is 240 g/mol. The lowest BCUT2D eigenvalue weighted by atomic mass is 10.0. The normalized spacial score (nSPS) is 26.8. The van der Waals surface area contributed by atoms with E-state index < -0.39 is 0 Å². The van der Waals surface area contributed by atoms with Crippen molar-refractivity contribution in [3.05, 3.63) is 0 Å². The highest BCUT2D eigenvalue weighted by Crippen LogP contribution is 2.32. The zero-order valence-electron chi connectivity index (χ0n) is 10.6. The molecule has 1 saturated carbocycles. The Hall–Kier alpha value is -0.180. The number of amidine groups is 1. The highest BCUT2D eigenvalue weighted by Gasteiger charge is 2.28. The van der Waals surface area contributed by atoms with Crippen LogP contribution in [0.3, 0.4) is 0 Å². The largest absolute Gasteiger partial charge is 0.359 e. The fourth-order valence-corrected chi connectivity index (χ4v) is 3.82. The number of thioether (sulfide) groups is 1. The van der Waals surface area contributed by atoms with Gasteiger partial charge in [0.15, 0.2) is 0 Å². The minimum Gasteiger partial charge on any atom is -0.359 e. The molecule has 2 fully saturated rings. The Morgan fingerprint density at radius 3 is 2.62 bits per heavy atom. The van der Waals surface area contributed by atoms with Crippen molar-refractivity contribution < 1.29 is 0 Å². The summed E-state index contributed by atoms with van der Waals surface area (Å²) in [6, 6.07) is 0. The predicted molar refractivity (Wildman–Crippen MR) is 72.4 cm³/mol.